The standard InChI is InChI=1S/C14H16N2O3/c1-10(2)16-9-12(8-15-16)19-13(14(17)18)11-6-4-3-5-7-11/h3-10,13H,1-2H3,(H,17,18). The molecule has 0 saturated carbocycles. The van der Waals surface area contributed by atoms with Gasteiger partial charge in [0.05, 0.1) is 12.4 Å². The first-order valence-electron chi connectivity index (χ1n) is 6.06. The van der Waals surface area contributed by atoms with Crippen LogP contribution in [0.5, 0.6) is 5.75 Å². The van der Waals surface area contributed by atoms with Crippen molar-refractivity contribution < 1.29 is 14.6 Å². The fourth-order valence-corrected chi connectivity index (χ4v) is 1.69. The number of carboxylic acids is 1. The highest BCUT2D eigenvalue weighted by molar-refractivity contribution is 5.74. The molecule has 0 radical (unpaired) electrons. The molecular formula is C14H16N2O3. The molecule has 0 spiro atoms. The lowest BCUT2D eigenvalue weighted by molar-refractivity contribution is -0.145. The maximum atomic E-state index is 11.3. The average molecular weight is 260 g/mol. The Labute approximate surface area is 111 Å². The third kappa shape index (κ3) is 3.13. The summed E-state index contributed by atoms with van der Waals surface area (Å²) >= 11 is 0. The predicted octanol–water partition coefficient (Wildman–Crippen LogP) is 2.67. The van der Waals surface area contributed by atoms with Crippen LogP contribution in [0.4, 0.5) is 0 Å². The molecule has 1 heterocycles. The summed E-state index contributed by atoms with van der Waals surface area (Å²) in [6.07, 6.45) is 2.20. The lowest BCUT2D eigenvalue weighted by Gasteiger charge is -2.13. The molecule has 2 aromatic rings. The molecule has 1 aromatic heterocycles. The van der Waals surface area contributed by atoms with Gasteiger partial charge in [0, 0.05) is 11.6 Å². The Balaban J connectivity index is 2.19. The molecular weight excluding hydrogens is 244 g/mol. The van der Waals surface area contributed by atoms with Crippen LogP contribution in [0.1, 0.15) is 31.6 Å². The van der Waals surface area contributed by atoms with E-state index in [1.807, 2.05) is 19.9 Å². The van der Waals surface area contributed by atoms with Gasteiger partial charge in [-0.15, -0.1) is 0 Å². The molecule has 1 atom stereocenters. The minimum Gasteiger partial charge on any atom is -0.478 e. The van der Waals surface area contributed by atoms with Crippen LogP contribution >= 0.6 is 0 Å². The molecule has 100 valence electrons. The smallest absolute Gasteiger partial charge is 0.349 e. The predicted molar refractivity (Wildman–Crippen MR) is 70.1 cm³/mol. The molecule has 0 aliphatic heterocycles. The first-order chi connectivity index (χ1) is 9.08. The van der Waals surface area contributed by atoms with E-state index >= 15 is 0 Å². The average Bonchev–Trinajstić information content (AvgIpc) is 2.85. The van der Waals surface area contributed by atoms with Gasteiger partial charge in [-0.25, -0.2) is 4.79 Å². The van der Waals surface area contributed by atoms with Crippen LogP contribution in [-0.4, -0.2) is 20.9 Å². The van der Waals surface area contributed by atoms with Crippen molar-refractivity contribution in [2.45, 2.75) is 26.0 Å². The third-order valence-electron chi connectivity index (χ3n) is 2.69. The van der Waals surface area contributed by atoms with Crippen LogP contribution in [0.2, 0.25) is 0 Å². The van der Waals surface area contributed by atoms with Crippen LogP contribution in [0.15, 0.2) is 42.7 Å². The van der Waals surface area contributed by atoms with E-state index in [4.69, 9.17) is 4.74 Å². The molecule has 5 nitrogen and oxygen atoms in total. The van der Waals surface area contributed by atoms with Gasteiger partial charge in [0.1, 0.15) is 0 Å². The molecule has 2 rings (SSSR count). The number of hydrogen-bond donors (Lipinski definition) is 1. The Morgan fingerprint density at radius 3 is 2.53 bits per heavy atom. The van der Waals surface area contributed by atoms with Crippen LogP contribution in [0.25, 0.3) is 0 Å². The number of nitrogens with zero attached hydrogens (tertiary/aromatic N) is 2. The number of benzene rings is 1. The highest BCUT2D eigenvalue weighted by Gasteiger charge is 2.22. The quantitative estimate of drug-likeness (QED) is 0.897. The summed E-state index contributed by atoms with van der Waals surface area (Å²) in [5.74, 6) is -0.576. The van der Waals surface area contributed by atoms with Gasteiger partial charge in [0.15, 0.2) is 5.75 Å². The minimum absolute atomic E-state index is 0.206. The SMILES string of the molecule is CC(C)n1cc(OC(C(=O)O)c2ccccc2)cn1. The Morgan fingerprint density at radius 1 is 1.32 bits per heavy atom. The van der Waals surface area contributed by atoms with Gasteiger partial charge >= 0.3 is 5.97 Å². The van der Waals surface area contributed by atoms with Crippen LogP contribution in [-0.2, 0) is 4.79 Å². The van der Waals surface area contributed by atoms with E-state index < -0.39 is 12.1 Å². The van der Waals surface area contributed by atoms with Gasteiger partial charge < -0.3 is 9.84 Å². The summed E-state index contributed by atoms with van der Waals surface area (Å²) in [6, 6.07) is 9.06. The zero-order chi connectivity index (χ0) is 13.8. The molecule has 0 aliphatic rings. The minimum atomic E-state index is -1.02. The number of ether oxygens (including phenoxy) is 1. The number of rotatable bonds is 5. The fourth-order valence-electron chi connectivity index (χ4n) is 1.69. The number of hydrogen-bond acceptors (Lipinski definition) is 3. The van der Waals surface area contributed by atoms with Crippen LogP contribution in [0, 0.1) is 0 Å². The van der Waals surface area contributed by atoms with Crippen molar-refractivity contribution in [3.63, 3.8) is 0 Å². The van der Waals surface area contributed by atoms with E-state index in [2.05, 4.69) is 5.10 Å². The normalized spacial score (nSPS) is 12.4. The molecule has 0 fully saturated rings. The lowest BCUT2D eigenvalue weighted by Crippen LogP contribution is -2.17. The largest absolute Gasteiger partial charge is 0.478 e. The first-order valence-corrected chi connectivity index (χ1v) is 6.06. The fraction of sp³-hybridized carbons (Fsp3) is 0.286. The second kappa shape index (κ2) is 5.56. The Hall–Kier alpha value is -2.30. The summed E-state index contributed by atoms with van der Waals surface area (Å²) in [4.78, 5) is 11.3. The van der Waals surface area contributed by atoms with Crippen LogP contribution < -0.4 is 4.74 Å². The van der Waals surface area contributed by atoms with E-state index in [0.717, 1.165) is 0 Å². The van der Waals surface area contributed by atoms with Gasteiger partial charge in [0.2, 0.25) is 6.10 Å². The van der Waals surface area contributed by atoms with E-state index in [1.54, 1.807) is 35.1 Å². The zero-order valence-corrected chi connectivity index (χ0v) is 10.9. The summed E-state index contributed by atoms with van der Waals surface area (Å²) in [7, 11) is 0. The van der Waals surface area contributed by atoms with Gasteiger partial charge in [-0.2, -0.15) is 5.10 Å². The van der Waals surface area contributed by atoms with E-state index in [1.165, 1.54) is 6.20 Å². The second-order valence-corrected chi connectivity index (χ2v) is 4.50. The molecule has 1 unspecified atom stereocenters. The Bertz CT molecular complexity index is 549. The van der Waals surface area contributed by atoms with Crippen molar-refractivity contribution in [3.8, 4) is 5.75 Å². The van der Waals surface area contributed by atoms with Crippen molar-refractivity contribution in [1.82, 2.24) is 9.78 Å². The van der Waals surface area contributed by atoms with E-state index in [9.17, 15) is 9.90 Å². The topological polar surface area (TPSA) is 64.3 Å². The van der Waals surface area contributed by atoms with E-state index in [0.29, 0.717) is 11.3 Å². The van der Waals surface area contributed by atoms with E-state index in [-0.39, 0.29) is 6.04 Å². The Morgan fingerprint density at radius 2 is 2.00 bits per heavy atom. The second-order valence-electron chi connectivity index (χ2n) is 4.50. The molecule has 1 N–H and O–H groups in total. The van der Waals surface area contributed by atoms with Crippen molar-refractivity contribution in [3.05, 3.63) is 48.3 Å². The van der Waals surface area contributed by atoms with Crippen molar-refractivity contribution >= 4 is 5.97 Å². The van der Waals surface area contributed by atoms with Crippen molar-refractivity contribution in [2.75, 3.05) is 0 Å². The van der Waals surface area contributed by atoms with Gasteiger partial charge in [-0.3, -0.25) is 4.68 Å². The van der Waals surface area contributed by atoms with Crippen LogP contribution in [0.3, 0.4) is 0 Å². The van der Waals surface area contributed by atoms with Crippen molar-refractivity contribution in [1.29, 1.82) is 0 Å². The maximum Gasteiger partial charge on any atom is 0.349 e. The molecule has 19 heavy (non-hydrogen) atoms. The monoisotopic (exact) mass is 260 g/mol. The van der Waals surface area contributed by atoms with Gasteiger partial charge in [-0.1, -0.05) is 30.3 Å². The molecule has 0 bridgehead atoms. The first kappa shape index (κ1) is 13.1. The summed E-state index contributed by atoms with van der Waals surface area (Å²) < 4.78 is 7.23. The molecule has 1 aromatic carbocycles. The highest BCUT2D eigenvalue weighted by Crippen LogP contribution is 2.22. The zero-order valence-electron chi connectivity index (χ0n) is 10.9. The summed E-state index contributed by atoms with van der Waals surface area (Å²) in [6.45, 7) is 3.98. The number of carbonyl (C=O) groups is 1. The third-order valence-corrected chi connectivity index (χ3v) is 2.69. The number of carboxylic acid groups (broad SMARTS) is 1. The Kier molecular flexibility index (Phi) is 3.85. The van der Waals surface area contributed by atoms with Crippen molar-refractivity contribution in [2.24, 2.45) is 0 Å². The molecule has 0 aliphatic carbocycles. The number of aliphatic carboxylic acids is 1. The molecule has 5 heteroatoms. The van der Waals surface area contributed by atoms with Gasteiger partial charge in [-0.05, 0) is 13.8 Å². The molecule has 0 saturated heterocycles. The number of aromatic nitrogens is 2. The maximum absolute atomic E-state index is 11.3. The highest BCUT2D eigenvalue weighted by atomic mass is 16.5. The molecule has 0 amide bonds. The summed E-state index contributed by atoms with van der Waals surface area (Å²) in [5, 5.41) is 13.4. The summed E-state index contributed by atoms with van der Waals surface area (Å²) in [5.41, 5.74) is 0.604. The lowest BCUT2D eigenvalue weighted by atomic mass is 10.1. The van der Waals surface area contributed by atoms with Gasteiger partial charge in [0.25, 0.3) is 0 Å².